The van der Waals surface area contributed by atoms with Gasteiger partial charge in [-0.25, -0.2) is 0 Å². The van der Waals surface area contributed by atoms with Gasteiger partial charge in [0, 0.05) is 41.4 Å². The Kier molecular flexibility index (Phi) is 7.25. The SMILES string of the molecule is C=C1[C@@H](C)[C@H]2[C@H](Cc3c[nH]c4ccccc34)NC(=O)[C@]23C(=O)CC[C@H](O)C(=O)/C(C)=C/[C@@H](C)C/C=C/[C@H]3[C@@H]1O. The summed E-state index contributed by atoms with van der Waals surface area (Å²) >= 11 is 0. The summed E-state index contributed by atoms with van der Waals surface area (Å²) in [5, 5.41) is 26.3. The molecule has 2 fully saturated rings. The first kappa shape index (κ1) is 27.3. The van der Waals surface area contributed by atoms with Crippen molar-refractivity contribution in [3.8, 4) is 0 Å². The normalized spacial score (nSPS) is 38.1. The molecule has 7 nitrogen and oxygen atoms in total. The number of amides is 1. The van der Waals surface area contributed by atoms with Crippen molar-refractivity contribution < 1.29 is 24.6 Å². The quantitative estimate of drug-likeness (QED) is 0.348. The third-order valence-electron chi connectivity index (χ3n) is 9.32. The van der Waals surface area contributed by atoms with Gasteiger partial charge in [0.25, 0.3) is 0 Å². The predicted molar refractivity (Wildman–Crippen MR) is 150 cm³/mol. The lowest BCUT2D eigenvalue weighted by atomic mass is 9.51. The lowest BCUT2D eigenvalue weighted by Gasteiger charge is -2.49. The molecule has 2 aromatic rings. The van der Waals surface area contributed by atoms with Crippen LogP contribution >= 0.6 is 0 Å². The van der Waals surface area contributed by atoms with Crippen molar-refractivity contribution in [2.45, 2.75) is 64.7 Å². The van der Waals surface area contributed by atoms with Crippen LogP contribution in [0, 0.1) is 29.1 Å². The first-order valence-electron chi connectivity index (χ1n) is 13.9. The van der Waals surface area contributed by atoms with Crippen LogP contribution < -0.4 is 5.32 Å². The number of H-pyrrole nitrogens is 1. The molecule has 1 aromatic carbocycles. The number of aliphatic hydroxyl groups excluding tert-OH is 2. The second-order valence-electron chi connectivity index (χ2n) is 11.7. The van der Waals surface area contributed by atoms with Crippen molar-refractivity contribution in [3.05, 3.63) is 72.0 Å². The summed E-state index contributed by atoms with van der Waals surface area (Å²) < 4.78 is 0. The minimum atomic E-state index is -1.53. The van der Waals surface area contributed by atoms with Crippen molar-refractivity contribution in [2.24, 2.45) is 29.1 Å². The van der Waals surface area contributed by atoms with E-state index in [1.54, 1.807) is 6.92 Å². The summed E-state index contributed by atoms with van der Waals surface area (Å²) in [6.07, 6.45) is 5.94. The Hall–Kier alpha value is -3.29. The molecule has 2 heterocycles. The van der Waals surface area contributed by atoms with Crippen LogP contribution in [0.4, 0.5) is 0 Å². The fourth-order valence-electron chi connectivity index (χ4n) is 7.30. The summed E-state index contributed by atoms with van der Waals surface area (Å²) in [5.41, 5.74) is 1.58. The van der Waals surface area contributed by atoms with E-state index < -0.39 is 41.1 Å². The Balaban J connectivity index is 1.60. The van der Waals surface area contributed by atoms with E-state index in [1.165, 1.54) is 0 Å². The number of carbonyl (C=O) groups is 3. The molecule has 1 aromatic heterocycles. The highest BCUT2D eigenvalue weighted by Gasteiger charge is 2.68. The van der Waals surface area contributed by atoms with Crippen LogP contribution in [0.15, 0.2) is 66.4 Å². The number of para-hydroxylation sites is 1. The maximum atomic E-state index is 14.2. The Morgan fingerprint density at radius 2 is 1.87 bits per heavy atom. The smallest absolute Gasteiger partial charge is 0.235 e. The number of ketones is 2. The van der Waals surface area contributed by atoms with Gasteiger partial charge in [0.2, 0.25) is 5.91 Å². The molecule has 1 saturated heterocycles. The maximum Gasteiger partial charge on any atom is 0.235 e. The highest BCUT2D eigenvalue weighted by atomic mass is 16.3. The highest BCUT2D eigenvalue weighted by Crippen LogP contribution is 2.57. The minimum Gasteiger partial charge on any atom is -0.388 e. The van der Waals surface area contributed by atoms with Gasteiger partial charge in [-0.15, -0.1) is 0 Å². The Labute approximate surface area is 229 Å². The van der Waals surface area contributed by atoms with Gasteiger partial charge in [0.15, 0.2) is 5.78 Å². The average molecular weight is 531 g/mol. The van der Waals surface area contributed by atoms with Crippen molar-refractivity contribution in [1.29, 1.82) is 0 Å². The molecule has 0 radical (unpaired) electrons. The molecular formula is C32H38N2O5. The van der Waals surface area contributed by atoms with E-state index in [1.807, 2.05) is 62.5 Å². The van der Waals surface area contributed by atoms with Crippen LogP contribution in [-0.2, 0) is 20.8 Å². The maximum absolute atomic E-state index is 14.2. The summed E-state index contributed by atoms with van der Waals surface area (Å²) in [5.74, 6) is -2.71. The largest absolute Gasteiger partial charge is 0.388 e. The molecule has 1 aliphatic heterocycles. The predicted octanol–water partition coefficient (Wildman–Crippen LogP) is 3.82. The van der Waals surface area contributed by atoms with E-state index in [0.717, 1.165) is 16.5 Å². The zero-order valence-electron chi connectivity index (χ0n) is 22.8. The molecular weight excluding hydrogens is 492 g/mol. The number of fused-ring (bicyclic) bond motifs is 1. The van der Waals surface area contributed by atoms with Crippen LogP contribution in [0.1, 0.15) is 45.6 Å². The number of nitrogens with one attached hydrogen (secondary N) is 2. The van der Waals surface area contributed by atoms with E-state index in [0.29, 0.717) is 24.0 Å². The molecule has 8 atom stereocenters. The molecule has 1 saturated carbocycles. The summed E-state index contributed by atoms with van der Waals surface area (Å²) in [4.78, 5) is 44.4. The molecule has 0 unspecified atom stereocenters. The fraction of sp³-hybridized carbons (Fsp3) is 0.469. The number of benzene rings is 1. The number of Topliss-reactive ketones (excluding diaryl/α,β-unsaturated/α-hetero) is 2. The van der Waals surface area contributed by atoms with Gasteiger partial charge < -0.3 is 20.5 Å². The van der Waals surface area contributed by atoms with Crippen LogP contribution in [-0.4, -0.2) is 50.9 Å². The van der Waals surface area contributed by atoms with Crippen LogP contribution in [0.2, 0.25) is 0 Å². The molecule has 206 valence electrons. The Morgan fingerprint density at radius 1 is 1.13 bits per heavy atom. The molecule has 4 N–H and O–H groups in total. The van der Waals surface area contributed by atoms with Gasteiger partial charge in [0.05, 0.1) is 6.10 Å². The van der Waals surface area contributed by atoms with Crippen molar-refractivity contribution in [1.82, 2.24) is 10.3 Å². The number of hydrogen-bond donors (Lipinski definition) is 4. The van der Waals surface area contributed by atoms with E-state index in [2.05, 4.69) is 16.9 Å². The number of allylic oxidation sites excluding steroid dienone is 2. The minimum absolute atomic E-state index is 0.00418. The molecule has 1 spiro atoms. The average Bonchev–Trinajstić information content (AvgIpc) is 3.45. The van der Waals surface area contributed by atoms with E-state index in [-0.39, 0.29) is 36.5 Å². The first-order chi connectivity index (χ1) is 18.6. The fourth-order valence-corrected chi connectivity index (χ4v) is 7.30. The second kappa shape index (κ2) is 10.4. The number of aliphatic hydroxyl groups is 2. The van der Waals surface area contributed by atoms with E-state index in [9.17, 15) is 24.6 Å². The topological polar surface area (TPSA) is 119 Å². The standard InChI is InChI=1S/C32H38N2O5/c1-17-8-7-10-23-30(38)20(4)19(3)28-25(15-21-16-33-24-11-6-5-9-22(21)24)34-31(39)32(23,28)27(36)13-12-26(35)29(37)18(2)14-17/h5-7,9-11,14,16-17,19,23,25-26,28,30,33,35,38H,4,8,12-13,15H2,1-3H3,(H,34,39)/b10-7+,18-14+/t17-,19+,23-,25-,26-,28-,30+,32+/m0/s1. The number of aromatic amines is 1. The molecule has 39 heavy (non-hydrogen) atoms. The molecule has 5 rings (SSSR count). The monoisotopic (exact) mass is 530 g/mol. The van der Waals surface area contributed by atoms with Gasteiger partial charge in [0.1, 0.15) is 17.3 Å². The first-order valence-corrected chi connectivity index (χ1v) is 13.9. The lowest BCUT2D eigenvalue weighted by molar-refractivity contribution is -0.152. The lowest BCUT2D eigenvalue weighted by Crippen LogP contribution is -2.58. The van der Waals surface area contributed by atoms with E-state index in [4.69, 9.17) is 0 Å². The zero-order chi connectivity index (χ0) is 28.1. The van der Waals surface area contributed by atoms with E-state index >= 15 is 0 Å². The summed E-state index contributed by atoms with van der Waals surface area (Å²) in [6.45, 7) is 9.79. The highest BCUT2D eigenvalue weighted by molar-refractivity contribution is 6.09. The summed E-state index contributed by atoms with van der Waals surface area (Å²) in [7, 11) is 0. The molecule has 3 aliphatic rings. The Bertz CT molecular complexity index is 1390. The Morgan fingerprint density at radius 3 is 2.64 bits per heavy atom. The van der Waals surface area contributed by atoms with Gasteiger partial charge in [-0.2, -0.15) is 0 Å². The van der Waals surface area contributed by atoms with Gasteiger partial charge >= 0.3 is 0 Å². The third kappa shape index (κ3) is 4.42. The number of rotatable bonds is 2. The number of carbonyl (C=O) groups excluding carboxylic acids is 3. The molecule has 0 bridgehead atoms. The summed E-state index contributed by atoms with van der Waals surface area (Å²) in [6, 6.07) is 7.61. The van der Waals surface area contributed by atoms with Crippen LogP contribution in [0.3, 0.4) is 0 Å². The third-order valence-corrected chi connectivity index (χ3v) is 9.32. The van der Waals surface area contributed by atoms with Gasteiger partial charge in [-0.05, 0) is 60.8 Å². The van der Waals surface area contributed by atoms with Crippen LogP contribution in [0.5, 0.6) is 0 Å². The molecule has 1 amide bonds. The van der Waals surface area contributed by atoms with Gasteiger partial charge in [-0.1, -0.05) is 56.9 Å². The number of aromatic nitrogens is 1. The molecule has 2 aliphatic carbocycles. The second-order valence-corrected chi connectivity index (χ2v) is 11.7. The van der Waals surface area contributed by atoms with Gasteiger partial charge in [-0.3, -0.25) is 14.4 Å². The van der Waals surface area contributed by atoms with Crippen molar-refractivity contribution in [3.63, 3.8) is 0 Å². The van der Waals surface area contributed by atoms with Crippen LogP contribution in [0.25, 0.3) is 10.9 Å². The van der Waals surface area contributed by atoms with Crippen molar-refractivity contribution >= 4 is 28.4 Å². The number of hydrogen-bond acceptors (Lipinski definition) is 5. The molecule has 7 heteroatoms. The van der Waals surface area contributed by atoms with Crippen molar-refractivity contribution in [2.75, 3.05) is 0 Å². The zero-order valence-corrected chi connectivity index (χ0v) is 22.8.